The van der Waals surface area contributed by atoms with E-state index in [1.807, 2.05) is 32.0 Å². The lowest BCUT2D eigenvalue weighted by atomic mass is 10.1. The number of fused-ring (bicyclic) bond motifs is 1. The van der Waals surface area contributed by atoms with E-state index in [1.165, 1.54) is 0 Å². The number of carbonyl (C=O) groups excluding carboxylic acids is 2. The van der Waals surface area contributed by atoms with E-state index in [-0.39, 0.29) is 24.5 Å². The highest BCUT2D eigenvalue weighted by Crippen LogP contribution is 2.34. The molecule has 0 aliphatic carbocycles. The van der Waals surface area contributed by atoms with Gasteiger partial charge in [0.05, 0.1) is 6.61 Å². The Labute approximate surface area is 171 Å². The molecule has 1 heterocycles. The number of nitrogens with zero attached hydrogens (tertiary/aromatic N) is 1. The minimum absolute atomic E-state index is 0.0497. The zero-order valence-corrected chi connectivity index (χ0v) is 17.0. The number of amides is 1. The minimum atomic E-state index is -0.0545. The van der Waals surface area contributed by atoms with Gasteiger partial charge in [-0.25, -0.2) is 0 Å². The Morgan fingerprint density at radius 3 is 2.48 bits per heavy atom. The molecule has 6 nitrogen and oxygen atoms in total. The third-order valence-electron chi connectivity index (χ3n) is 4.80. The van der Waals surface area contributed by atoms with Crippen molar-refractivity contribution in [1.29, 1.82) is 0 Å². The molecule has 0 atom stereocenters. The van der Waals surface area contributed by atoms with Crippen molar-refractivity contribution in [3.63, 3.8) is 0 Å². The van der Waals surface area contributed by atoms with Crippen molar-refractivity contribution in [2.75, 3.05) is 26.4 Å². The number of benzene rings is 2. The van der Waals surface area contributed by atoms with Gasteiger partial charge in [-0.05, 0) is 44.2 Å². The fraction of sp³-hybridized carbons (Fsp3) is 0.391. The Kier molecular flexibility index (Phi) is 7.11. The van der Waals surface area contributed by atoms with E-state index in [2.05, 4.69) is 0 Å². The molecule has 0 saturated carbocycles. The van der Waals surface area contributed by atoms with Gasteiger partial charge in [0.1, 0.15) is 19.0 Å². The van der Waals surface area contributed by atoms with Crippen LogP contribution in [-0.4, -0.2) is 43.0 Å². The maximum atomic E-state index is 12.7. The number of hydrogen-bond donors (Lipinski definition) is 0. The monoisotopic (exact) mass is 397 g/mol. The summed E-state index contributed by atoms with van der Waals surface area (Å²) in [5.74, 6) is 2.04. The molecular weight excluding hydrogens is 370 g/mol. The van der Waals surface area contributed by atoms with Gasteiger partial charge in [0.25, 0.3) is 0 Å². The van der Waals surface area contributed by atoms with Gasteiger partial charge in [-0.2, -0.15) is 0 Å². The second-order valence-electron chi connectivity index (χ2n) is 6.73. The van der Waals surface area contributed by atoms with E-state index in [0.717, 1.165) is 11.3 Å². The molecule has 1 amide bonds. The summed E-state index contributed by atoms with van der Waals surface area (Å²) in [4.78, 5) is 26.9. The molecule has 0 N–H and O–H groups in total. The molecule has 2 aromatic carbocycles. The lowest BCUT2D eigenvalue weighted by Crippen LogP contribution is -2.31. The molecule has 2 aromatic rings. The summed E-state index contributed by atoms with van der Waals surface area (Å²) in [6.07, 6.45) is 0.349. The Bertz CT molecular complexity index is 847. The van der Waals surface area contributed by atoms with Gasteiger partial charge in [-0.15, -0.1) is 0 Å². The number of Topliss-reactive ketones (excluding diaryl/α,β-unsaturated/α-hetero) is 1. The molecule has 154 valence electrons. The van der Waals surface area contributed by atoms with Gasteiger partial charge in [-0.1, -0.05) is 12.1 Å². The number of ketones is 1. The molecule has 3 rings (SSSR count). The van der Waals surface area contributed by atoms with E-state index < -0.39 is 0 Å². The predicted molar refractivity (Wildman–Crippen MR) is 110 cm³/mol. The van der Waals surface area contributed by atoms with Gasteiger partial charge < -0.3 is 19.1 Å². The van der Waals surface area contributed by atoms with Crippen molar-refractivity contribution in [2.45, 2.75) is 33.2 Å². The molecule has 0 unspecified atom stereocenters. The summed E-state index contributed by atoms with van der Waals surface area (Å²) in [6.45, 7) is 6.44. The van der Waals surface area contributed by atoms with Crippen LogP contribution in [0.15, 0.2) is 42.5 Å². The lowest BCUT2D eigenvalue weighted by molar-refractivity contribution is -0.131. The summed E-state index contributed by atoms with van der Waals surface area (Å²) in [5, 5.41) is 0. The van der Waals surface area contributed by atoms with E-state index in [9.17, 15) is 9.59 Å². The van der Waals surface area contributed by atoms with Gasteiger partial charge >= 0.3 is 0 Å². The molecule has 0 radical (unpaired) electrons. The standard InChI is InChI=1S/C23H27NO5/c1-3-24(16-18-6-5-7-21-23(18)29-15-14-28-21)22(26)13-12-20(25)17-8-10-19(11-9-17)27-4-2/h5-11H,3-4,12-16H2,1-2H3. The largest absolute Gasteiger partial charge is 0.494 e. The smallest absolute Gasteiger partial charge is 0.223 e. The highest BCUT2D eigenvalue weighted by atomic mass is 16.6. The van der Waals surface area contributed by atoms with Crippen molar-refractivity contribution in [3.8, 4) is 17.2 Å². The van der Waals surface area contributed by atoms with Crippen LogP contribution >= 0.6 is 0 Å². The van der Waals surface area contributed by atoms with Crippen LogP contribution in [0.25, 0.3) is 0 Å². The lowest BCUT2D eigenvalue weighted by Gasteiger charge is -2.25. The second-order valence-corrected chi connectivity index (χ2v) is 6.73. The molecular formula is C23H27NO5. The number of hydrogen-bond acceptors (Lipinski definition) is 5. The zero-order chi connectivity index (χ0) is 20.6. The predicted octanol–water partition coefficient (Wildman–Crippen LogP) is 3.87. The first kappa shape index (κ1) is 20.7. The normalized spacial score (nSPS) is 12.3. The average molecular weight is 397 g/mol. The molecule has 6 heteroatoms. The average Bonchev–Trinajstić information content (AvgIpc) is 2.76. The van der Waals surface area contributed by atoms with Crippen LogP contribution in [0.4, 0.5) is 0 Å². The zero-order valence-electron chi connectivity index (χ0n) is 17.0. The molecule has 0 bridgehead atoms. The number of rotatable bonds is 9. The maximum Gasteiger partial charge on any atom is 0.223 e. The third kappa shape index (κ3) is 5.28. The van der Waals surface area contributed by atoms with Crippen LogP contribution < -0.4 is 14.2 Å². The van der Waals surface area contributed by atoms with Crippen molar-refractivity contribution in [1.82, 2.24) is 4.90 Å². The molecule has 1 aliphatic heterocycles. The molecule has 1 aliphatic rings. The van der Waals surface area contributed by atoms with E-state index in [4.69, 9.17) is 14.2 Å². The molecule has 0 aromatic heterocycles. The van der Waals surface area contributed by atoms with Gasteiger partial charge in [0.2, 0.25) is 5.91 Å². The fourth-order valence-electron chi connectivity index (χ4n) is 3.27. The second kappa shape index (κ2) is 9.96. The topological polar surface area (TPSA) is 65.1 Å². The first-order valence-electron chi connectivity index (χ1n) is 10.0. The van der Waals surface area contributed by atoms with Crippen LogP contribution in [0, 0.1) is 0 Å². The molecule has 0 spiro atoms. The molecule has 0 fully saturated rings. The van der Waals surface area contributed by atoms with E-state index in [1.54, 1.807) is 29.2 Å². The van der Waals surface area contributed by atoms with Gasteiger partial charge in [0, 0.05) is 37.1 Å². The van der Waals surface area contributed by atoms with Crippen molar-refractivity contribution < 1.29 is 23.8 Å². The third-order valence-corrected chi connectivity index (χ3v) is 4.80. The highest BCUT2D eigenvalue weighted by Gasteiger charge is 2.20. The number of para-hydroxylation sites is 1. The van der Waals surface area contributed by atoms with Crippen LogP contribution in [0.1, 0.15) is 42.6 Å². The SMILES string of the molecule is CCOc1ccc(C(=O)CCC(=O)N(CC)Cc2cccc3c2OCCO3)cc1. The van der Waals surface area contributed by atoms with Gasteiger partial charge in [-0.3, -0.25) is 9.59 Å². The molecule has 0 saturated heterocycles. The van der Waals surface area contributed by atoms with Gasteiger partial charge in [0.15, 0.2) is 17.3 Å². The first-order chi connectivity index (χ1) is 14.1. The van der Waals surface area contributed by atoms with Crippen LogP contribution in [-0.2, 0) is 11.3 Å². The maximum absolute atomic E-state index is 12.7. The Balaban J connectivity index is 1.58. The Hall–Kier alpha value is -3.02. The Morgan fingerprint density at radius 2 is 1.76 bits per heavy atom. The quantitative estimate of drug-likeness (QED) is 0.601. The Morgan fingerprint density at radius 1 is 1.00 bits per heavy atom. The fourth-order valence-corrected chi connectivity index (χ4v) is 3.27. The van der Waals surface area contributed by atoms with Crippen molar-refractivity contribution in [2.24, 2.45) is 0 Å². The first-order valence-corrected chi connectivity index (χ1v) is 10.0. The van der Waals surface area contributed by atoms with Crippen LogP contribution in [0.5, 0.6) is 17.2 Å². The summed E-state index contributed by atoms with van der Waals surface area (Å²) in [7, 11) is 0. The number of ether oxygens (including phenoxy) is 3. The van der Waals surface area contributed by atoms with Crippen LogP contribution in [0.2, 0.25) is 0 Å². The van der Waals surface area contributed by atoms with Crippen LogP contribution in [0.3, 0.4) is 0 Å². The van der Waals surface area contributed by atoms with Crippen molar-refractivity contribution in [3.05, 3.63) is 53.6 Å². The van der Waals surface area contributed by atoms with E-state index in [0.29, 0.717) is 50.0 Å². The number of carbonyl (C=O) groups is 2. The minimum Gasteiger partial charge on any atom is -0.494 e. The summed E-state index contributed by atoms with van der Waals surface area (Å²) in [6, 6.07) is 12.7. The highest BCUT2D eigenvalue weighted by molar-refractivity contribution is 5.98. The van der Waals surface area contributed by atoms with E-state index >= 15 is 0 Å². The molecule has 29 heavy (non-hydrogen) atoms. The summed E-state index contributed by atoms with van der Waals surface area (Å²) >= 11 is 0. The van der Waals surface area contributed by atoms with Crippen molar-refractivity contribution >= 4 is 11.7 Å². The summed E-state index contributed by atoms with van der Waals surface area (Å²) in [5.41, 5.74) is 1.50. The summed E-state index contributed by atoms with van der Waals surface area (Å²) < 4.78 is 16.7.